The molecule has 1 saturated heterocycles. The fraction of sp³-hybridized carbons (Fsp3) is 1.00. The largest absolute Gasteiger partial charge is 0.396 e. The Labute approximate surface area is 103 Å². The quantitative estimate of drug-likeness (QED) is 0.611. The zero-order chi connectivity index (χ0) is 12.9. The molecule has 0 aromatic heterocycles. The molecule has 0 bridgehead atoms. The van der Waals surface area contributed by atoms with Crippen LogP contribution in [0.1, 0.15) is 26.7 Å². The van der Waals surface area contributed by atoms with Gasteiger partial charge in [0, 0.05) is 31.2 Å². The highest BCUT2D eigenvalue weighted by Crippen LogP contribution is 2.29. The lowest BCUT2D eigenvalue weighted by molar-refractivity contribution is -0.0127. The summed E-state index contributed by atoms with van der Waals surface area (Å²) in [5.74, 6) is 0. The predicted molar refractivity (Wildman–Crippen MR) is 64.8 cm³/mol. The Morgan fingerprint density at radius 3 is 2.41 bits per heavy atom. The zero-order valence-electron chi connectivity index (χ0n) is 10.4. The topological polar surface area (TPSA) is 87.7 Å². The van der Waals surface area contributed by atoms with Gasteiger partial charge in [0.15, 0.2) is 0 Å². The molecule has 6 nitrogen and oxygen atoms in total. The zero-order valence-corrected chi connectivity index (χ0v) is 11.2. The van der Waals surface area contributed by atoms with E-state index >= 15 is 0 Å². The van der Waals surface area contributed by atoms with E-state index in [1.807, 2.05) is 0 Å². The minimum absolute atomic E-state index is 0.0272. The average Bonchev–Trinajstić information content (AvgIpc) is 2.26. The maximum atomic E-state index is 11.6. The first-order valence-corrected chi connectivity index (χ1v) is 7.33. The van der Waals surface area contributed by atoms with Crippen molar-refractivity contribution in [1.82, 2.24) is 9.44 Å². The molecule has 1 aliphatic rings. The van der Waals surface area contributed by atoms with Gasteiger partial charge in [0.25, 0.3) is 10.2 Å². The molecule has 0 aliphatic carbocycles. The first-order valence-electron chi connectivity index (χ1n) is 5.85. The van der Waals surface area contributed by atoms with Crippen molar-refractivity contribution in [2.75, 3.05) is 26.4 Å². The number of hydrogen-bond donors (Lipinski definition) is 3. The molecule has 1 aliphatic heterocycles. The van der Waals surface area contributed by atoms with Gasteiger partial charge in [-0.15, -0.1) is 0 Å². The third-order valence-electron chi connectivity index (χ3n) is 2.92. The van der Waals surface area contributed by atoms with E-state index in [-0.39, 0.29) is 24.6 Å². The molecule has 102 valence electrons. The van der Waals surface area contributed by atoms with E-state index in [2.05, 4.69) is 9.44 Å². The Kier molecular flexibility index (Phi) is 5.33. The highest BCUT2D eigenvalue weighted by atomic mass is 32.2. The normalized spacial score (nSPS) is 20.7. The van der Waals surface area contributed by atoms with Crippen LogP contribution in [0.5, 0.6) is 0 Å². The van der Waals surface area contributed by atoms with E-state index in [9.17, 15) is 13.5 Å². The van der Waals surface area contributed by atoms with Crippen molar-refractivity contribution in [1.29, 1.82) is 0 Å². The summed E-state index contributed by atoms with van der Waals surface area (Å²) in [4.78, 5) is 0. The van der Waals surface area contributed by atoms with Crippen LogP contribution in [0.15, 0.2) is 0 Å². The second-order valence-electron chi connectivity index (χ2n) is 4.87. The molecule has 0 radical (unpaired) electrons. The van der Waals surface area contributed by atoms with E-state index in [0.29, 0.717) is 26.1 Å². The van der Waals surface area contributed by atoms with Crippen LogP contribution in [0.25, 0.3) is 0 Å². The van der Waals surface area contributed by atoms with Crippen LogP contribution in [0.3, 0.4) is 0 Å². The number of rotatable bonds is 6. The standard InChI is InChI=1S/C10H22N2O4S/c1-9(2)12-17(14,15)11-7-10(8-13)3-5-16-6-4-10/h9,11-13H,3-8H2,1-2H3. The van der Waals surface area contributed by atoms with E-state index in [1.54, 1.807) is 13.8 Å². The van der Waals surface area contributed by atoms with Crippen LogP contribution in [0.2, 0.25) is 0 Å². The molecule has 0 aromatic rings. The number of hydrogen-bond acceptors (Lipinski definition) is 4. The van der Waals surface area contributed by atoms with Gasteiger partial charge in [0.1, 0.15) is 0 Å². The Morgan fingerprint density at radius 2 is 1.94 bits per heavy atom. The molecule has 0 amide bonds. The Morgan fingerprint density at radius 1 is 1.35 bits per heavy atom. The lowest BCUT2D eigenvalue weighted by Gasteiger charge is -2.35. The third kappa shape index (κ3) is 4.89. The number of ether oxygens (including phenoxy) is 1. The van der Waals surface area contributed by atoms with Gasteiger partial charge in [-0.2, -0.15) is 13.1 Å². The summed E-state index contributed by atoms with van der Waals surface area (Å²) in [6.45, 7) is 4.88. The second kappa shape index (κ2) is 6.10. The van der Waals surface area contributed by atoms with E-state index in [0.717, 1.165) is 0 Å². The summed E-state index contributed by atoms with van der Waals surface area (Å²) >= 11 is 0. The molecular formula is C10H22N2O4S. The maximum absolute atomic E-state index is 11.6. The van der Waals surface area contributed by atoms with Gasteiger partial charge in [-0.25, -0.2) is 4.72 Å². The molecular weight excluding hydrogens is 244 g/mol. The third-order valence-corrected chi connectivity index (χ3v) is 4.22. The fourth-order valence-corrected chi connectivity index (χ4v) is 3.00. The molecule has 0 spiro atoms. The first-order chi connectivity index (χ1) is 7.89. The van der Waals surface area contributed by atoms with Crippen LogP contribution >= 0.6 is 0 Å². The average molecular weight is 266 g/mol. The molecule has 1 heterocycles. The molecule has 17 heavy (non-hydrogen) atoms. The Bertz CT molecular complexity index is 323. The van der Waals surface area contributed by atoms with E-state index in [1.165, 1.54) is 0 Å². The van der Waals surface area contributed by atoms with Crippen molar-refractivity contribution in [2.45, 2.75) is 32.7 Å². The van der Waals surface area contributed by atoms with Gasteiger partial charge in [-0.05, 0) is 26.7 Å². The van der Waals surface area contributed by atoms with Crippen LogP contribution in [-0.2, 0) is 14.9 Å². The summed E-state index contributed by atoms with van der Waals surface area (Å²) in [6.07, 6.45) is 1.35. The van der Waals surface area contributed by atoms with Gasteiger partial charge >= 0.3 is 0 Å². The summed E-state index contributed by atoms with van der Waals surface area (Å²) in [5, 5.41) is 9.41. The number of aliphatic hydroxyl groups is 1. The summed E-state index contributed by atoms with van der Waals surface area (Å²) in [5.41, 5.74) is -0.385. The Hall–Kier alpha value is -0.210. The van der Waals surface area contributed by atoms with Crippen LogP contribution < -0.4 is 9.44 Å². The van der Waals surface area contributed by atoms with Gasteiger partial charge in [0.05, 0.1) is 6.61 Å². The number of nitrogens with one attached hydrogen (secondary N) is 2. The van der Waals surface area contributed by atoms with Crippen molar-refractivity contribution in [2.24, 2.45) is 5.41 Å². The summed E-state index contributed by atoms with van der Waals surface area (Å²) in [6, 6.07) is -0.146. The van der Waals surface area contributed by atoms with Crippen LogP contribution in [0.4, 0.5) is 0 Å². The summed E-state index contributed by atoms with van der Waals surface area (Å²) in [7, 11) is -3.48. The SMILES string of the molecule is CC(C)NS(=O)(=O)NCC1(CO)CCOCC1. The van der Waals surface area contributed by atoms with Gasteiger partial charge in [-0.1, -0.05) is 0 Å². The van der Waals surface area contributed by atoms with Gasteiger partial charge in [0.2, 0.25) is 0 Å². The molecule has 3 N–H and O–H groups in total. The maximum Gasteiger partial charge on any atom is 0.277 e. The summed E-state index contributed by atoms with van der Waals surface area (Å²) < 4.78 is 33.4. The molecule has 0 atom stereocenters. The molecule has 1 fully saturated rings. The van der Waals surface area contributed by atoms with Crippen molar-refractivity contribution in [3.63, 3.8) is 0 Å². The molecule has 7 heteroatoms. The van der Waals surface area contributed by atoms with E-state index in [4.69, 9.17) is 4.74 Å². The fourth-order valence-electron chi connectivity index (χ4n) is 1.80. The first kappa shape index (κ1) is 14.8. The van der Waals surface area contributed by atoms with Crippen molar-refractivity contribution in [3.05, 3.63) is 0 Å². The molecule has 1 rings (SSSR count). The second-order valence-corrected chi connectivity index (χ2v) is 6.40. The minimum Gasteiger partial charge on any atom is -0.396 e. The molecule has 0 unspecified atom stereocenters. The highest BCUT2D eigenvalue weighted by Gasteiger charge is 2.33. The Balaban J connectivity index is 2.52. The van der Waals surface area contributed by atoms with Crippen molar-refractivity contribution >= 4 is 10.2 Å². The van der Waals surface area contributed by atoms with Crippen molar-refractivity contribution < 1.29 is 18.3 Å². The smallest absolute Gasteiger partial charge is 0.277 e. The lowest BCUT2D eigenvalue weighted by atomic mass is 9.81. The highest BCUT2D eigenvalue weighted by molar-refractivity contribution is 7.87. The predicted octanol–water partition coefficient (Wildman–Crippen LogP) is -0.392. The van der Waals surface area contributed by atoms with Gasteiger partial charge in [-0.3, -0.25) is 0 Å². The number of aliphatic hydroxyl groups excluding tert-OH is 1. The van der Waals surface area contributed by atoms with Crippen molar-refractivity contribution in [3.8, 4) is 0 Å². The lowest BCUT2D eigenvalue weighted by Crippen LogP contribution is -2.48. The van der Waals surface area contributed by atoms with Crippen LogP contribution in [-0.4, -0.2) is 45.9 Å². The molecule has 0 aromatic carbocycles. The molecule has 0 saturated carbocycles. The van der Waals surface area contributed by atoms with E-state index < -0.39 is 10.2 Å². The minimum atomic E-state index is -3.48. The monoisotopic (exact) mass is 266 g/mol. The van der Waals surface area contributed by atoms with Crippen LogP contribution in [0, 0.1) is 5.41 Å². The van der Waals surface area contributed by atoms with Gasteiger partial charge < -0.3 is 9.84 Å².